The van der Waals surface area contributed by atoms with Crippen molar-refractivity contribution >= 4 is 11.9 Å². The molecule has 1 saturated carbocycles. The van der Waals surface area contributed by atoms with Crippen LogP contribution in [0.2, 0.25) is 0 Å². The van der Waals surface area contributed by atoms with Gasteiger partial charge in [-0.1, -0.05) is 6.07 Å². The van der Waals surface area contributed by atoms with Crippen LogP contribution in [0.1, 0.15) is 64.0 Å². The van der Waals surface area contributed by atoms with Crippen LogP contribution >= 0.6 is 0 Å². The molecule has 0 radical (unpaired) electrons. The van der Waals surface area contributed by atoms with E-state index in [1.54, 1.807) is 13.1 Å². The highest BCUT2D eigenvalue weighted by Crippen LogP contribution is 2.30. The summed E-state index contributed by atoms with van der Waals surface area (Å²) in [6.07, 6.45) is 6.16. The smallest absolute Gasteiger partial charge is 0.224 e. The molecular weight excluding hydrogens is 383 g/mol. The van der Waals surface area contributed by atoms with Crippen LogP contribution in [-0.2, 0) is 4.79 Å². The van der Waals surface area contributed by atoms with Crippen molar-refractivity contribution in [3.8, 4) is 5.75 Å². The van der Waals surface area contributed by atoms with Crippen LogP contribution in [0.4, 0.5) is 4.39 Å². The van der Waals surface area contributed by atoms with Crippen molar-refractivity contribution in [3.05, 3.63) is 29.6 Å². The van der Waals surface area contributed by atoms with E-state index in [0.717, 1.165) is 24.9 Å². The number of likely N-dealkylation sites (tertiary alicyclic amines) is 1. The van der Waals surface area contributed by atoms with Crippen LogP contribution in [0.3, 0.4) is 0 Å². The van der Waals surface area contributed by atoms with E-state index in [4.69, 9.17) is 4.74 Å². The molecule has 1 saturated heterocycles. The quantitative estimate of drug-likeness (QED) is 0.500. The number of benzene rings is 1. The average Bonchev–Trinajstić information content (AvgIpc) is 3.56. The second-order valence-corrected chi connectivity index (χ2v) is 8.49. The largest absolute Gasteiger partial charge is 0.490 e. The molecule has 2 unspecified atom stereocenters. The lowest BCUT2D eigenvalue weighted by Crippen LogP contribution is -2.44. The van der Waals surface area contributed by atoms with Gasteiger partial charge in [-0.15, -0.1) is 0 Å². The molecule has 2 fully saturated rings. The van der Waals surface area contributed by atoms with Gasteiger partial charge in [0, 0.05) is 32.6 Å². The molecule has 2 atom stereocenters. The van der Waals surface area contributed by atoms with Crippen molar-refractivity contribution < 1.29 is 13.9 Å². The maximum atomic E-state index is 14.4. The first-order chi connectivity index (χ1) is 14.5. The number of guanidine groups is 1. The summed E-state index contributed by atoms with van der Waals surface area (Å²) in [6.45, 7) is 6.03. The zero-order valence-corrected chi connectivity index (χ0v) is 18.4. The first kappa shape index (κ1) is 22.4. The molecule has 0 bridgehead atoms. The van der Waals surface area contributed by atoms with Gasteiger partial charge in [-0.25, -0.2) is 4.39 Å². The van der Waals surface area contributed by atoms with Crippen LogP contribution in [-0.4, -0.2) is 49.6 Å². The monoisotopic (exact) mass is 418 g/mol. The number of nitrogens with one attached hydrogen (secondary N) is 2. The normalized spacial score (nSPS) is 20.6. The zero-order valence-electron chi connectivity index (χ0n) is 18.4. The Morgan fingerprint density at radius 3 is 2.80 bits per heavy atom. The van der Waals surface area contributed by atoms with Crippen molar-refractivity contribution in [3.63, 3.8) is 0 Å². The fraction of sp³-hybridized carbons (Fsp3) is 0.652. The van der Waals surface area contributed by atoms with E-state index in [1.165, 1.54) is 25.3 Å². The van der Waals surface area contributed by atoms with Crippen molar-refractivity contribution in [1.29, 1.82) is 0 Å². The second kappa shape index (κ2) is 10.6. The molecule has 166 valence electrons. The highest BCUT2D eigenvalue weighted by Gasteiger charge is 2.23. The number of nitrogens with zero attached hydrogens (tertiary/aromatic N) is 2. The van der Waals surface area contributed by atoms with Crippen LogP contribution in [0.25, 0.3) is 0 Å². The van der Waals surface area contributed by atoms with Gasteiger partial charge in [0.1, 0.15) is 0 Å². The molecule has 1 aromatic carbocycles. The van der Waals surface area contributed by atoms with Crippen LogP contribution < -0.4 is 15.4 Å². The molecule has 0 spiro atoms. The summed E-state index contributed by atoms with van der Waals surface area (Å²) < 4.78 is 19.9. The molecule has 30 heavy (non-hydrogen) atoms. The second-order valence-electron chi connectivity index (χ2n) is 8.49. The van der Waals surface area contributed by atoms with Gasteiger partial charge in [0.05, 0.1) is 12.6 Å². The molecule has 7 heteroatoms. The lowest BCUT2D eigenvalue weighted by atomic mass is 10.0. The van der Waals surface area contributed by atoms with E-state index in [-0.39, 0.29) is 17.8 Å². The van der Waals surface area contributed by atoms with Gasteiger partial charge in [-0.2, -0.15) is 0 Å². The van der Waals surface area contributed by atoms with Gasteiger partial charge >= 0.3 is 0 Å². The topological polar surface area (TPSA) is 66.0 Å². The van der Waals surface area contributed by atoms with Crippen LogP contribution in [0, 0.1) is 11.7 Å². The van der Waals surface area contributed by atoms with E-state index in [1.807, 2.05) is 17.9 Å². The summed E-state index contributed by atoms with van der Waals surface area (Å²) in [7, 11) is 1.69. The van der Waals surface area contributed by atoms with Crippen LogP contribution in [0.15, 0.2) is 23.2 Å². The molecule has 1 amide bonds. The molecule has 6 nitrogen and oxygen atoms in total. The highest BCUT2D eigenvalue weighted by atomic mass is 19.1. The number of halogens is 1. The van der Waals surface area contributed by atoms with Gasteiger partial charge in [0.2, 0.25) is 5.91 Å². The SMILES string of the molecule is CN=C(NCCC(=O)N1CCCCC1C)NC(C)c1ccc(OCC2CC2)c(F)c1. The summed E-state index contributed by atoms with van der Waals surface area (Å²) in [5, 5.41) is 6.45. The number of hydrogen-bond acceptors (Lipinski definition) is 3. The van der Waals surface area contributed by atoms with Gasteiger partial charge in [-0.3, -0.25) is 9.79 Å². The summed E-state index contributed by atoms with van der Waals surface area (Å²) >= 11 is 0. The number of hydrogen-bond donors (Lipinski definition) is 2. The van der Waals surface area contributed by atoms with Crippen LogP contribution in [0.5, 0.6) is 5.75 Å². The molecule has 1 heterocycles. The number of amides is 1. The average molecular weight is 419 g/mol. The third kappa shape index (κ3) is 6.34. The first-order valence-corrected chi connectivity index (χ1v) is 11.2. The minimum absolute atomic E-state index is 0.138. The van der Waals surface area contributed by atoms with E-state index in [0.29, 0.717) is 43.2 Å². The Morgan fingerprint density at radius 2 is 2.13 bits per heavy atom. The van der Waals surface area contributed by atoms with Gasteiger partial charge in [-0.05, 0) is 69.6 Å². The first-order valence-electron chi connectivity index (χ1n) is 11.2. The van der Waals surface area contributed by atoms with Crippen molar-refractivity contribution in [2.45, 2.75) is 64.5 Å². The predicted molar refractivity (Wildman–Crippen MR) is 117 cm³/mol. The third-order valence-electron chi connectivity index (χ3n) is 5.96. The number of piperidine rings is 1. The van der Waals surface area contributed by atoms with Gasteiger partial charge < -0.3 is 20.3 Å². The molecule has 3 rings (SSSR count). The standard InChI is InChI=1S/C23H35FN4O2/c1-16-6-4-5-13-28(16)22(29)11-12-26-23(25-3)27-17(2)19-9-10-21(20(24)14-19)30-15-18-7-8-18/h9-10,14,16-18H,4-8,11-13,15H2,1-3H3,(H2,25,26,27). The maximum Gasteiger partial charge on any atom is 0.224 e. The Hall–Kier alpha value is -2.31. The highest BCUT2D eigenvalue weighted by molar-refractivity contribution is 5.81. The number of aliphatic imine (C=N–C) groups is 1. The molecule has 0 aromatic heterocycles. The van der Waals surface area contributed by atoms with Gasteiger partial charge in [0.25, 0.3) is 0 Å². The number of carbonyl (C=O) groups is 1. The lowest BCUT2D eigenvalue weighted by Gasteiger charge is -2.33. The Morgan fingerprint density at radius 1 is 1.33 bits per heavy atom. The summed E-state index contributed by atoms with van der Waals surface area (Å²) in [4.78, 5) is 18.7. The van der Waals surface area contributed by atoms with E-state index >= 15 is 0 Å². The fourth-order valence-electron chi connectivity index (χ4n) is 3.78. The molecular formula is C23H35FN4O2. The van der Waals surface area contributed by atoms with E-state index in [9.17, 15) is 9.18 Å². The number of rotatable bonds is 8. The molecule has 1 aliphatic carbocycles. The Balaban J connectivity index is 1.45. The van der Waals surface area contributed by atoms with Crippen molar-refractivity contribution in [1.82, 2.24) is 15.5 Å². The third-order valence-corrected chi connectivity index (χ3v) is 5.96. The molecule has 1 aliphatic heterocycles. The van der Waals surface area contributed by atoms with Crippen molar-refractivity contribution in [2.75, 3.05) is 26.7 Å². The minimum Gasteiger partial charge on any atom is -0.490 e. The number of carbonyl (C=O) groups excluding carboxylic acids is 1. The summed E-state index contributed by atoms with van der Waals surface area (Å²) in [6, 6.07) is 5.27. The molecule has 2 aliphatic rings. The number of ether oxygens (including phenoxy) is 1. The predicted octanol–water partition coefficient (Wildman–Crippen LogP) is 3.63. The van der Waals surface area contributed by atoms with Gasteiger partial charge in [0.15, 0.2) is 17.5 Å². The maximum absolute atomic E-state index is 14.4. The lowest BCUT2D eigenvalue weighted by molar-refractivity contribution is -0.134. The fourth-order valence-corrected chi connectivity index (χ4v) is 3.78. The molecule has 1 aromatic rings. The Bertz CT molecular complexity index is 751. The van der Waals surface area contributed by atoms with Crippen molar-refractivity contribution in [2.24, 2.45) is 10.9 Å². The molecule has 2 N–H and O–H groups in total. The summed E-state index contributed by atoms with van der Waals surface area (Å²) in [5.41, 5.74) is 0.812. The Labute approximate surface area is 179 Å². The Kier molecular flexibility index (Phi) is 7.94. The van der Waals surface area contributed by atoms with E-state index < -0.39 is 0 Å². The summed E-state index contributed by atoms with van der Waals surface area (Å²) in [5.74, 6) is 1.33. The minimum atomic E-state index is -0.342. The zero-order chi connectivity index (χ0) is 21.5. The van der Waals surface area contributed by atoms with E-state index in [2.05, 4.69) is 22.5 Å².